The zero-order chi connectivity index (χ0) is 18.1. The summed E-state index contributed by atoms with van der Waals surface area (Å²) in [6, 6.07) is 5.90. The summed E-state index contributed by atoms with van der Waals surface area (Å²) in [4.78, 5) is 14.2. The maximum Gasteiger partial charge on any atom is 0.414 e. The Bertz CT molecular complexity index is 600. The molecule has 1 aromatic rings. The van der Waals surface area contributed by atoms with E-state index in [2.05, 4.69) is 5.32 Å². The van der Waals surface area contributed by atoms with Gasteiger partial charge < -0.3 is 15.2 Å². The summed E-state index contributed by atoms with van der Waals surface area (Å²) in [5, 5.41) is 13.4. The van der Waals surface area contributed by atoms with Gasteiger partial charge in [-0.1, -0.05) is 6.07 Å². The monoisotopic (exact) mass is 334 g/mol. The van der Waals surface area contributed by atoms with E-state index < -0.39 is 11.2 Å². The number of ether oxygens (including phenoxy) is 1. The molecular formula is C19H30N2O3. The second-order valence-electron chi connectivity index (χ2n) is 8.10. The highest BCUT2D eigenvalue weighted by molar-refractivity contribution is 5.90. The molecule has 5 heteroatoms. The van der Waals surface area contributed by atoms with E-state index >= 15 is 0 Å². The molecule has 134 valence electrons. The molecule has 5 nitrogen and oxygen atoms in total. The summed E-state index contributed by atoms with van der Waals surface area (Å²) in [7, 11) is 0. The van der Waals surface area contributed by atoms with Crippen molar-refractivity contribution < 1.29 is 14.6 Å². The van der Waals surface area contributed by atoms with Crippen LogP contribution in [0.25, 0.3) is 0 Å². The number of carbonyl (C=O) groups is 1. The topological polar surface area (TPSA) is 61.8 Å². The second-order valence-corrected chi connectivity index (χ2v) is 8.10. The Hall–Kier alpha value is -1.75. The number of hydrogen-bond acceptors (Lipinski definition) is 4. The molecule has 0 fully saturated rings. The number of fused-ring (bicyclic) bond motifs is 1. The van der Waals surface area contributed by atoms with Gasteiger partial charge in [0, 0.05) is 12.2 Å². The third kappa shape index (κ3) is 4.63. The predicted molar refractivity (Wildman–Crippen MR) is 97.7 cm³/mol. The van der Waals surface area contributed by atoms with Gasteiger partial charge in [0.15, 0.2) is 0 Å². The first-order valence-electron chi connectivity index (χ1n) is 8.60. The fraction of sp³-hybridized carbons (Fsp3) is 0.632. The van der Waals surface area contributed by atoms with Crippen molar-refractivity contribution in [1.82, 2.24) is 0 Å². The number of nitrogens with zero attached hydrogens (tertiary/aromatic N) is 1. The molecule has 1 heterocycles. The highest BCUT2D eigenvalue weighted by Crippen LogP contribution is 2.32. The Morgan fingerprint density at radius 2 is 1.96 bits per heavy atom. The van der Waals surface area contributed by atoms with E-state index in [9.17, 15) is 9.90 Å². The van der Waals surface area contributed by atoms with Crippen molar-refractivity contribution >= 4 is 17.5 Å². The van der Waals surface area contributed by atoms with Crippen LogP contribution in [0, 0.1) is 0 Å². The lowest BCUT2D eigenvalue weighted by atomic mass is 9.99. The average molecular weight is 334 g/mol. The number of benzene rings is 1. The van der Waals surface area contributed by atoms with E-state index in [1.165, 1.54) is 0 Å². The van der Waals surface area contributed by atoms with E-state index in [-0.39, 0.29) is 12.1 Å². The van der Waals surface area contributed by atoms with Crippen LogP contribution in [-0.2, 0) is 11.2 Å². The zero-order valence-corrected chi connectivity index (χ0v) is 15.6. The van der Waals surface area contributed by atoms with Crippen LogP contribution in [0.2, 0.25) is 0 Å². The first kappa shape index (κ1) is 18.6. The van der Waals surface area contributed by atoms with E-state index in [0.717, 1.165) is 29.8 Å². The Morgan fingerprint density at radius 3 is 2.54 bits per heavy atom. The number of anilines is 2. The molecule has 1 atom stereocenters. The molecule has 0 saturated carbocycles. The van der Waals surface area contributed by atoms with Crippen LogP contribution in [0.3, 0.4) is 0 Å². The van der Waals surface area contributed by atoms with Gasteiger partial charge in [-0.05, 0) is 72.1 Å². The van der Waals surface area contributed by atoms with Crippen LogP contribution in [0.5, 0.6) is 0 Å². The summed E-state index contributed by atoms with van der Waals surface area (Å²) in [5.74, 6) is 0. The van der Waals surface area contributed by atoms with Crippen LogP contribution >= 0.6 is 0 Å². The minimum atomic E-state index is -0.833. The number of aliphatic hydroxyl groups is 1. The fourth-order valence-corrected chi connectivity index (χ4v) is 2.60. The number of rotatable bonds is 3. The zero-order valence-electron chi connectivity index (χ0n) is 15.6. The Kier molecular flexibility index (Phi) is 5.14. The van der Waals surface area contributed by atoms with Gasteiger partial charge in [0.05, 0.1) is 17.3 Å². The van der Waals surface area contributed by atoms with Gasteiger partial charge in [-0.2, -0.15) is 0 Å². The molecule has 1 aliphatic heterocycles. The van der Waals surface area contributed by atoms with Gasteiger partial charge in [0.1, 0.15) is 5.60 Å². The number of hydrogen-bond donors (Lipinski definition) is 2. The highest BCUT2D eigenvalue weighted by atomic mass is 16.6. The quantitative estimate of drug-likeness (QED) is 0.879. The van der Waals surface area contributed by atoms with Crippen LogP contribution in [0.15, 0.2) is 18.2 Å². The summed E-state index contributed by atoms with van der Waals surface area (Å²) < 4.78 is 5.54. The number of nitrogens with one attached hydrogen (secondary N) is 1. The summed E-state index contributed by atoms with van der Waals surface area (Å²) in [6.07, 6.45) is 1.57. The molecule has 1 unspecified atom stereocenters. The molecule has 0 spiro atoms. The largest absolute Gasteiger partial charge is 0.443 e. The van der Waals surface area contributed by atoms with Gasteiger partial charge in [-0.15, -0.1) is 0 Å². The Morgan fingerprint density at radius 1 is 1.29 bits per heavy atom. The van der Waals surface area contributed by atoms with Gasteiger partial charge in [-0.25, -0.2) is 4.79 Å². The third-order valence-corrected chi connectivity index (χ3v) is 4.26. The van der Waals surface area contributed by atoms with E-state index in [4.69, 9.17) is 4.74 Å². The SMILES string of the molecule is CC(Nc1ccc2c(c1)N(C(=O)OC(C)(C)C)CCC2)C(C)(C)O. The lowest BCUT2D eigenvalue weighted by Gasteiger charge is -2.33. The van der Waals surface area contributed by atoms with E-state index in [0.29, 0.717) is 6.54 Å². The van der Waals surface area contributed by atoms with Gasteiger partial charge in [0.2, 0.25) is 0 Å². The first-order chi connectivity index (χ1) is 11.0. The molecule has 0 bridgehead atoms. The molecule has 1 aromatic carbocycles. The lowest BCUT2D eigenvalue weighted by molar-refractivity contribution is 0.0576. The molecule has 0 aliphatic carbocycles. The van der Waals surface area contributed by atoms with Crippen LogP contribution in [0.4, 0.5) is 16.2 Å². The van der Waals surface area contributed by atoms with E-state index in [1.54, 1.807) is 18.7 Å². The molecule has 0 aromatic heterocycles. The molecule has 0 radical (unpaired) electrons. The maximum atomic E-state index is 12.5. The molecular weight excluding hydrogens is 304 g/mol. The van der Waals surface area contributed by atoms with Crippen LogP contribution in [-0.4, -0.2) is 35.0 Å². The van der Waals surface area contributed by atoms with Crippen molar-refractivity contribution in [2.24, 2.45) is 0 Å². The first-order valence-corrected chi connectivity index (χ1v) is 8.60. The number of amides is 1. The van der Waals surface area contributed by atoms with Crippen molar-refractivity contribution in [2.45, 2.75) is 71.6 Å². The normalized spacial score (nSPS) is 16.4. The lowest BCUT2D eigenvalue weighted by Crippen LogP contribution is -2.40. The van der Waals surface area contributed by atoms with Crippen molar-refractivity contribution in [3.8, 4) is 0 Å². The maximum absolute atomic E-state index is 12.5. The van der Waals surface area contributed by atoms with E-state index in [1.807, 2.05) is 45.9 Å². The van der Waals surface area contributed by atoms with Gasteiger partial charge in [-0.3, -0.25) is 4.90 Å². The molecule has 24 heavy (non-hydrogen) atoms. The number of carbonyl (C=O) groups excluding carboxylic acids is 1. The van der Waals surface area contributed by atoms with Crippen molar-refractivity contribution in [1.29, 1.82) is 0 Å². The molecule has 2 N–H and O–H groups in total. The Balaban J connectivity index is 2.25. The second kappa shape index (κ2) is 6.63. The van der Waals surface area contributed by atoms with Crippen molar-refractivity contribution in [3.05, 3.63) is 23.8 Å². The van der Waals surface area contributed by atoms with Crippen molar-refractivity contribution in [2.75, 3.05) is 16.8 Å². The highest BCUT2D eigenvalue weighted by Gasteiger charge is 2.28. The van der Waals surface area contributed by atoms with Crippen molar-refractivity contribution in [3.63, 3.8) is 0 Å². The standard InChI is InChI=1S/C19H30N2O3/c1-13(19(5,6)23)20-15-10-9-14-8-7-11-21(16(14)12-15)17(22)24-18(2,3)4/h9-10,12-13,20,23H,7-8,11H2,1-6H3. The molecule has 1 amide bonds. The third-order valence-electron chi connectivity index (χ3n) is 4.26. The smallest absolute Gasteiger partial charge is 0.414 e. The minimum Gasteiger partial charge on any atom is -0.443 e. The number of aryl methyl sites for hydroxylation is 1. The summed E-state index contributed by atoms with van der Waals surface area (Å²) in [6.45, 7) is 11.8. The molecule has 2 rings (SSSR count). The Labute approximate surface area is 145 Å². The van der Waals surface area contributed by atoms with Gasteiger partial charge >= 0.3 is 6.09 Å². The predicted octanol–water partition coefficient (Wildman–Crippen LogP) is 3.95. The summed E-state index contributed by atoms with van der Waals surface area (Å²) >= 11 is 0. The summed E-state index contributed by atoms with van der Waals surface area (Å²) in [5.41, 5.74) is 1.58. The van der Waals surface area contributed by atoms with Crippen LogP contribution < -0.4 is 10.2 Å². The van der Waals surface area contributed by atoms with Gasteiger partial charge in [0.25, 0.3) is 0 Å². The molecule has 1 aliphatic rings. The minimum absolute atomic E-state index is 0.117. The van der Waals surface area contributed by atoms with Crippen LogP contribution in [0.1, 0.15) is 53.5 Å². The fourth-order valence-electron chi connectivity index (χ4n) is 2.60. The average Bonchev–Trinajstić information content (AvgIpc) is 2.43. The molecule has 0 saturated heterocycles.